The van der Waals surface area contributed by atoms with Gasteiger partial charge in [0.25, 0.3) is 0 Å². The van der Waals surface area contributed by atoms with Crippen LogP contribution in [0.1, 0.15) is 13.3 Å². The Hall–Kier alpha value is 1.41. The first-order chi connectivity index (χ1) is 1.91. The first-order valence-electron chi connectivity index (χ1n) is 1.91. The second-order valence-electron chi connectivity index (χ2n) is 1.000. The molecule has 0 aromatic heterocycles. The summed E-state index contributed by atoms with van der Waals surface area (Å²) in [6, 6.07) is 0. The van der Waals surface area contributed by atoms with E-state index >= 15 is 0 Å². The Kier molecular flexibility index (Phi) is 88.8. The Balaban J connectivity index is -0.0000000150. The summed E-state index contributed by atoms with van der Waals surface area (Å²) in [6.07, 6.45) is 1.40. The van der Waals surface area contributed by atoms with Crippen molar-refractivity contribution in [1.82, 2.24) is 0 Å². The van der Waals surface area contributed by atoms with Gasteiger partial charge < -0.3 is 0 Å². The van der Waals surface area contributed by atoms with Crippen molar-refractivity contribution in [2.75, 3.05) is 0 Å². The molecule has 0 radical (unpaired) electrons. The Morgan fingerprint density at radius 1 is 1.14 bits per heavy atom. The molecule has 0 rings (SSSR count). The molecule has 0 aromatic carbocycles. The SMILES string of the molecule is CC[CH2][GeH3].Cl.Cl.Cl. The normalized spacial score (nSPS) is 4.71. The molecule has 0 aromatic rings. The van der Waals surface area contributed by atoms with Gasteiger partial charge in [0, 0.05) is 0 Å². The molecule has 0 nitrogen and oxygen atoms in total. The molecule has 0 saturated carbocycles. The van der Waals surface area contributed by atoms with Crippen molar-refractivity contribution in [1.29, 1.82) is 0 Å². The molecule has 0 atom stereocenters. The Bertz CT molecular complexity index is 12.1. The smallest absolute Gasteiger partial charge is 0.147 e. The summed E-state index contributed by atoms with van der Waals surface area (Å²) in [5, 5.41) is 1.51. The van der Waals surface area contributed by atoms with E-state index in [1.807, 2.05) is 0 Å². The van der Waals surface area contributed by atoms with E-state index in [0.717, 1.165) is 16.5 Å². The van der Waals surface area contributed by atoms with Gasteiger partial charge in [-0.1, -0.05) is 0 Å². The van der Waals surface area contributed by atoms with Crippen LogP contribution in [0, 0.1) is 0 Å². The van der Waals surface area contributed by atoms with Gasteiger partial charge in [-0.05, 0) is 0 Å². The fourth-order valence-electron chi connectivity index (χ4n) is 0. The van der Waals surface area contributed by atoms with E-state index in [4.69, 9.17) is 0 Å². The first kappa shape index (κ1) is 23.7. The van der Waals surface area contributed by atoms with Crippen molar-refractivity contribution in [3.63, 3.8) is 0 Å². The van der Waals surface area contributed by atoms with Crippen LogP contribution in [0.5, 0.6) is 0 Å². The Labute approximate surface area is 72.3 Å². The van der Waals surface area contributed by atoms with E-state index in [-0.39, 0.29) is 37.2 Å². The largest absolute Gasteiger partial charge is 0.147 e. The molecule has 0 aliphatic rings. The van der Waals surface area contributed by atoms with E-state index in [0.29, 0.717) is 0 Å². The minimum absolute atomic E-state index is 0. The van der Waals surface area contributed by atoms with Crippen molar-refractivity contribution >= 4 is 53.7 Å². The predicted molar refractivity (Wildman–Crippen MR) is 46.8 cm³/mol. The first-order valence-corrected chi connectivity index (χ1v) is 4.88. The van der Waals surface area contributed by atoms with Gasteiger partial charge in [0.2, 0.25) is 0 Å². The molecule has 0 heterocycles. The molecule has 7 heavy (non-hydrogen) atoms. The van der Waals surface area contributed by atoms with Crippen LogP contribution in [0.4, 0.5) is 0 Å². The molecular formula is C3H13Cl3Ge. The summed E-state index contributed by atoms with van der Waals surface area (Å²) < 4.78 is 0. The molecule has 0 spiro atoms. The minimum Gasteiger partial charge on any atom is -0.147 e. The van der Waals surface area contributed by atoms with Crippen LogP contribution in [-0.4, -0.2) is 16.5 Å². The van der Waals surface area contributed by atoms with Crippen LogP contribution in [0.2, 0.25) is 5.25 Å². The molecular weight excluding hydrogens is 215 g/mol. The summed E-state index contributed by atoms with van der Waals surface area (Å²) in [5.74, 6) is 0. The predicted octanol–water partition coefficient (Wildman–Crippen LogP) is 1.45. The zero-order valence-corrected chi connectivity index (χ0v) is 11.3. The molecule has 0 unspecified atom stereocenters. The fourth-order valence-corrected chi connectivity index (χ4v) is 0. The molecule has 0 aliphatic carbocycles. The topological polar surface area (TPSA) is 0 Å². The van der Waals surface area contributed by atoms with Gasteiger partial charge in [-0.15, -0.1) is 37.2 Å². The number of hydrogen-bond donors (Lipinski definition) is 0. The average Bonchev–Trinajstić information content (AvgIpc) is 1.37. The molecule has 0 amide bonds. The van der Waals surface area contributed by atoms with E-state index < -0.39 is 0 Å². The van der Waals surface area contributed by atoms with Crippen molar-refractivity contribution in [2.24, 2.45) is 0 Å². The maximum atomic E-state index is 2.23. The molecule has 4 heteroatoms. The summed E-state index contributed by atoms with van der Waals surface area (Å²) in [5.41, 5.74) is 0. The van der Waals surface area contributed by atoms with Crippen LogP contribution in [0.15, 0.2) is 0 Å². The summed E-state index contributed by atoms with van der Waals surface area (Å²) in [7, 11) is 0. The quantitative estimate of drug-likeness (QED) is 0.596. The van der Waals surface area contributed by atoms with E-state index in [2.05, 4.69) is 6.92 Å². The second-order valence-corrected chi connectivity index (χ2v) is 3.10. The van der Waals surface area contributed by atoms with Gasteiger partial charge >= 0.3 is 35.1 Å². The second kappa shape index (κ2) is 26.2. The molecule has 0 aliphatic heterocycles. The third kappa shape index (κ3) is 37.3. The summed E-state index contributed by atoms with van der Waals surface area (Å²) >= 11 is 1.11. The van der Waals surface area contributed by atoms with Crippen molar-refractivity contribution < 1.29 is 0 Å². The van der Waals surface area contributed by atoms with Gasteiger partial charge in [-0.3, -0.25) is 0 Å². The Morgan fingerprint density at radius 2 is 1.29 bits per heavy atom. The van der Waals surface area contributed by atoms with Gasteiger partial charge in [0.05, 0.1) is 0 Å². The van der Waals surface area contributed by atoms with Crippen molar-refractivity contribution in [3.8, 4) is 0 Å². The minimum atomic E-state index is 0. The maximum absolute atomic E-state index is 2.23. The Morgan fingerprint density at radius 3 is 1.29 bits per heavy atom. The van der Waals surface area contributed by atoms with Crippen molar-refractivity contribution in [3.05, 3.63) is 0 Å². The number of rotatable bonds is 1. The van der Waals surface area contributed by atoms with E-state index in [1.54, 1.807) is 0 Å². The van der Waals surface area contributed by atoms with Crippen LogP contribution >= 0.6 is 37.2 Å². The maximum Gasteiger partial charge on any atom is -0.147 e. The molecule has 0 fully saturated rings. The van der Waals surface area contributed by atoms with Gasteiger partial charge in [0.15, 0.2) is 0 Å². The van der Waals surface area contributed by atoms with E-state index in [1.165, 1.54) is 11.7 Å². The molecule has 0 N–H and O–H groups in total. The fraction of sp³-hybridized carbons (Fsp3) is 1.00. The molecule has 0 saturated heterocycles. The van der Waals surface area contributed by atoms with Gasteiger partial charge in [-0.25, -0.2) is 0 Å². The third-order valence-corrected chi connectivity index (χ3v) is 2.60. The zero-order valence-electron chi connectivity index (χ0n) is 4.64. The standard InChI is InChI=1S/C3H10Ge.3ClH/c1-2-3-4;;;/h2-3H2,1,4H3;3*1H. The van der Waals surface area contributed by atoms with Crippen LogP contribution in [-0.2, 0) is 0 Å². The summed E-state index contributed by atoms with van der Waals surface area (Å²) in [6.45, 7) is 2.23. The summed E-state index contributed by atoms with van der Waals surface area (Å²) in [4.78, 5) is 0. The van der Waals surface area contributed by atoms with Crippen LogP contribution in [0.3, 0.4) is 0 Å². The van der Waals surface area contributed by atoms with Crippen LogP contribution in [0.25, 0.3) is 0 Å². The monoisotopic (exact) mass is 228 g/mol. The number of halogens is 3. The molecule has 50 valence electrons. The third-order valence-electron chi connectivity index (χ3n) is 0.500. The average molecular weight is 228 g/mol. The molecule has 0 bridgehead atoms. The van der Waals surface area contributed by atoms with Crippen molar-refractivity contribution in [2.45, 2.75) is 18.6 Å². The van der Waals surface area contributed by atoms with Gasteiger partial charge in [-0.2, -0.15) is 0 Å². The van der Waals surface area contributed by atoms with E-state index in [9.17, 15) is 0 Å². The zero-order chi connectivity index (χ0) is 3.41. The number of hydrogen-bond acceptors (Lipinski definition) is 0. The van der Waals surface area contributed by atoms with Gasteiger partial charge in [0.1, 0.15) is 0 Å². The van der Waals surface area contributed by atoms with Crippen LogP contribution < -0.4 is 0 Å².